The van der Waals surface area contributed by atoms with Crippen LogP contribution < -0.4 is 5.32 Å². The molecule has 1 saturated heterocycles. The van der Waals surface area contributed by atoms with Crippen LogP contribution in [0.5, 0.6) is 0 Å². The molecule has 6 nitrogen and oxygen atoms in total. The highest BCUT2D eigenvalue weighted by Crippen LogP contribution is 2.36. The Morgan fingerprint density at radius 3 is 2.39 bits per heavy atom. The van der Waals surface area contributed by atoms with Crippen LogP contribution in [0.4, 0.5) is 0 Å². The zero-order valence-corrected chi connectivity index (χ0v) is 19.4. The third kappa shape index (κ3) is 4.58. The molecule has 1 unspecified atom stereocenters. The maximum Gasteiger partial charge on any atom is 0.230 e. The van der Waals surface area contributed by atoms with Crippen LogP contribution in [-0.2, 0) is 29.6 Å². The van der Waals surface area contributed by atoms with Crippen LogP contribution in [0.25, 0.3) is 0 Å². The Morgan fingerprint density at radius 2 is 1.67 bits per heavy atom. The molecule has 1 aromatic heterocycles. The topological polar surface area (TPSA) is 63.1 Å². The highest BCUT2D eigenvalue weighted by Gasteiger charge is 2.43. The first-order valence-electron chi connectivity index (χ1n) is 12.1. The van der Waals surface area contributed by atoms with Crippen LogP contribution in [0, 0.1) is 0 Å². The van der Waals surface area contributed by atoms with Crippen molar-refractivity contribution in [2.24, 2.45) is 0 Å². The summed E-state index contributed by atoms with van der Waals surface area (Å²) in [5.41, 5.74) is 1.95. The Morgan fingerprint density at radius 1 is 0.970 bits per heavy atom. The Balaban J connectivity index is 1.29. The summed E-state index contributed by atoms with van der Waals surface area (Å²) in [5, 5.41) is 12.4. The third-order valence-electron chi connectivity index (χ3n) is 7.46. The molecule has 0 aliphatic carbocycles. The number of likely N-dealkylation sites (tertiary alicyclic amines) is 1. The van der Waals surface area contributed by atoms with Gasteiger partial charge in [0.25, 0.3) is 0 Å². The number of hydrogen-bond acceptors (Lipinski definition) is 4. The lowest BCUT2D eigenvalue weighted by atomic mass is 9.72. The Hall–Kier alpha value is -2.99. The van der Waals surface area contributed by atoms with E-state index in [2.05, 4.69) is 80.6 Å². The highest BCUT2D eigenvalue weighted by atomic mass is 16.2. The molecule has 1 atom stereocenters. The third-order valence-corrected chi connectivity index (χ3v) is 7.46. The quantitative estimate of drug-likeness (QED) is 0.657. The molecule has 2 aliphatic rings. The van der Waals surface area contributed by atoms with E-state index in [0.29, 0.717) is 0 Å². The van der Waals surface area contributed by atoms with Crippen LogP contribution in [0.2, 0.25) is 0 Å². The van der Waals surface area contributed by atoms with Gasteiger partial charge < -0.3 is 14.8 Å². The van der Waals surface area contributed by atoms with E-state index in [0.717, 1.165) is 75.4 Å². The van der Waals surface area contributed by atoms with Crippen LogP contribution in [0.3, 0.4) is 0 Å². The molecule has 1 amide bonds. The van der Waals surface area contributed by atoms with Crippen molar-refractivity contribution in [1.29, 1.82) is 0 Å². The van der Waals surface area contributed by atoms with E-state index in [-0.39, 0.29) is 11.9 Å². The van der Waals surface area contributed by atoms with Crippen LogP contribution in [0.1, 0.15) is 48.5 Å². The molecule has 0 saturated carbocycles. The molecule has 5 rings (SSSR count). The van der Waals surface area contributed by atoms with Crippen molar-refractivity contribution >= 4 is 5.91 Å². The monoisotopic (exact) mass is 443 g/mol. The first-order valence-corrected chi connectivity index (χ1v) is 12.1. The maximum absolute atomic E-state index is 13.8. The first kappa shape index (κ1) is 21.8. The molecule has 6 heteroatoms. The molecular formula is C27H33N5O. The summed E-state index contributed by atoms with van der Waals surface area (Å²) in [7, 11) is 2.14. The fraction of sp³-hybridized carbons (Fsp3) is 0.444. The summed E-state index contributed by atoms with van der Waals surface area (Å²) in [6.07, 6.45) is 5.16. The molecule has 2 aromatic carbocycles. The zero-order chi connectivity index (χ0) is 22.7. The molecule has 2 aliphatic heterocycles. The van der Waals surface area contributed by atoms with E-state index >= 15 is 0 Å². The lowest BCUT2D eigenvalue weighted by Crippen LogP contribution is -2.53. The number of nitrogens with zero attached hydrogens (tertiary/aromatic N) is 4. The highest BCUT2D eigenvalue weighted by molar-refractivity contribution is 5.88. The Bertz CT molecular complexity index is 1070. The predicted molar refractivity (Wildman–Crippen MR) is 129 cm³/mol. The summed E-state index contributed by atoms with van der Waals surface area (Å²) >= 11 is 0. The number of piperidine rings is 1. The van der Waals surface area contributed by atoms with Crippen molar-refractivity contribution in [3.05, 3.63) is 83.4 Å². The second kappa shape index (κ2) is 9.48. The Kier molecular flexibility index (Phi) is 6.27. The second-order valence-electron chi connectivity index (χ2n) is 9.60. The van der Waals surface area contributed by atoms with Gasteiger partial charge in [-0.3, -0.25) is 4.79 Å². The number of benzene rings is 2. The van der Waals surface area contributed by atoms with Crippen molar-refractivity contribution in [3.8, 4) is 0 Å². The largest absolute Gasteiger partial charge is 0.353 e. The van der Waals surface area contributed by atoms with Gasteiger partial charge in [-0.15, -0.1) is 10.2 Å². The van der Waals surface area contributed by atoms with Crippen LogP contribution in [-0.4, -0.2) is 51.8 Å². The average Bonchev–Trinajstić information content (AvgIpc) is 3.11. The van der Waals surface area contributed by atoms with Gasteiger partial charge >= 0.3 is 0 Å². The van der Waals surface area contributed by atoms with Crippen molar-refractivity contribution in [2.75, 3.05) is 20.1 Å². The summed E-state index contributed by atoms with van der Waals surface area (Å²) in [5.74, 6) is 2.24. The van der Waals surface area contributed by atoms with Crippen LogP contribution in [0.15, 0.2) is 60.7 Å². The number of hydrogen-bond donors (Lipinski definition) is 1. The van der Waals surface area contributed by atoms with Gasteiger partial charge in [0.05, 0.1) is 5.41 Å². The van der Waals surface area contributed by atoms with Gasteiger partial charge in [0.2, 0.25) is 5.91 Å². The minimum absolute atomic E-state index is 0.156. The summed E-state index contributed by atoms with van der Waals surface area (Å²) in [4.78, 5) is 16.1. The van der Waals surface area contributed by atoms with Gasteiger partial charge in [0, 0.05) is 25.4 Å². The molecule has 33 heavy (non-hydrogen) atoms. The number of nitrogens with one attached hydrogen (secondary N) is 1. The maximum atomic E-state index is 13.8. The van der Waals surface area contributed by atoms with E-state index in [1.54, 1.807) is 0 Å². The molecule has 0 radical (unpaired) electrons. The van der Waals surface area contributed by atoms with Gasteiger partial charge in [0.1, 0.15) is 11.6 Å². The van der Waals surface area contributed by atoms with Crippen molar-refractivity contribution in [3.63, 3.8) is 0 Å². The number of rotatable bonds is 5. The molecule has 0 bridgehead atoms. The summed E-state index contributed by atoms with van der Waals surface area (Å²) < 4.78 is 2.27. The van der Waals surface area contributed by atoms with Crippen molar-refractivity contribution in [2.45, 2.75) is 56.5 Å². The predicted octanol–water partition coefficient (Wildman–Crippen LogP) is 3.35. The molecular weight excluding hydrogens is 410 g/mol. The lowest BCUT2D eigenvalue weighted by Gasteiger charge is -2.40. The summed E-state index contributed by atoms with van der Waals surface area (Å²) in [6, 6.07) is 20.9. The minimum atomic E-state index is -0.437. The van der Waals surface area contributed by atoms with E-state index in [9.17, 15) is 4.79 Å². The lowest BCUT2D eigenvalue weighted by molar-refractivity contribution is -0.129. The second-order valence-corrected chi connectivity index (χ2v) is 9.60. The number of carbonyl (C=O) groups excluding carboxylic acids is 1. The van der Waals surface area contributed by atoms with E-state index in [4.69, 9.17) is 0 Å². The number of carbonyl (C=O) groups is 1. The number of aromatic nitrogens is 3. The normalized spacial score (nSPS) is 20.6. The van der Waals surface area contributed by atoms with E-state index < -0.39 is 5.41 Å². The fourth-order valence-corrected chi connectivity index (χ4v) is 5.33. The van der Waals surface area contributed by atoms with E-state index in [1.807, 2.05) is 12.1 Å². The molecule has 1 N–H and O–H groups in total. The van der Waals surface area contributed by atoms with Crippen LogP contribution >= 0.6 is 0 Å². The van der Waals surface area contributed by atoms with Gasteiger partial charge in [0.15, 0.2) is 0 Å². The van der Waals surface area contributed by atoms with Crippen molar-refractivity contribution < 1.29 is 4.79 Å². The summed E-state index contributed by atoms with van der Waals surface area (Å²) in [6.45, 7) is 2.73. The molecule has 3 heterocycles. The number of fused-ring (bicyclic) bond motifs is 1. The number of aryl methyl sites for hydroxylation is 1. The van der Waals surface area contributed by atoms with E-state index in [1.165, 1.54) is 5.56 Å². The molecule has 0 spiro atoms. The van der Waals surface area contributed by atoms with Gasteiger partial charge in [-0.1, -0.05) is 60.7 Å². The first-order chi connectivity index (χ1) is 16.1. The smallest absolute Gasteiger partial charge is 0.230 e. The minimum Gasteiger partial charge on any atom is -0.353 e. The number of amides is 1. The standard InChI is InChI=1S/C27H33N5O/c1-31-18-15-27(16-19-31,22-10-6-3-7-11-22)26(33)28-23-12-13-24-29-30-25(32(24)17-14-23)20-21-8-4-2-5-9-21/h2-11,23H,12-20H2,1H3,(H,28,33). The van der Waals surface area contributed by atoms with Crippen molar-refractivity contribution in [1.82, 2.24) is 25.0 Å². The average molecular weight is 444 g/mol. The Labute approximate surface area is 196 Å². The SMILES string of the molecule is CN1CCC(C(=O)NC2CCc3nnc(Cc4ccccc4)n3CC2)(c2ccccc2)CC1. The van der Waals surface area contributed by atoms with Gasteiger partial charge in [-0.2, -0.15) is 0 Å². The zero-order valence-electron chi connectivity index (χ0n) is 19.4. The fourth-order valence-electron chi connectivity index (χ4n) is 5.33. The van der Waals surface area contributed by atoms with Gasteiger partial charge in [-0.05, 0) is 56.9 Å². The molecule has 172 valence electrons. The molecule has 3 aromatic rings. The van der Waals surface area contributed by atoms with Gasteiger partial charge in [-0.25, -0.2) is 0 Å². The molecule has 1 fully saturated rings.